The molecule has 1 nitrogen and oxygen atoms in total. The Hall–Kier alpha value is -6.26. The van der Waals surface area contributed by atoms with E-state index in [-0.39, 0.29) is 0 Å². The summed E-state index contributed by atoms with van der Waals surface area (Å²) in [5, 5.41) is 10.4. The van der Waals surface area contributed by atoms with E-state index in [4.69, 9.17) is 0 Å². The van der Waals surface area contributed by atoms with Gasteiger partial charge in [-0.2, -0.15) is 0 Å². The average Bonchev–Trinajstić information content (AvgIpc) is 3.80. The fraction of sp³-hybridized carbons (Fsp3) is 0. The first-order valence-corrected chi connectivity index (χ1v) is 19.6. The molecule has 0 atom stereocenters. The van der Waals surface area contributed by atoms with E-state index < -0.39 is 0 Å². The van der Waals surface area contributed by atoms with E-state index in [0.717, 1.165) is 17.1 Å². The highest BCUT2D eigenvalue weighted by Crippen LogP contribution is 2.48. The molecule has 11 aromatic rings. The molecule has 0 radical (unpaired) electrons. The molecule has 2 heterocycles. The lowest BCUT2D eigenvalue weighted by molar-refractivity contribution is 1.30. The molecule has 0 saturated heterocycles. The minimum atomic E-state index is 1.12. The first-order valence-electron chi connectivity index (χ1n) is 18.0. The minimum absolute atomic E-state index is 1.12. The Labute approximate surface area is 315 Å². The highest BCUT2D eigenvalue weighted by Gasteiger charge is 2.20. The lowest BCUT2D eigenvalue weighted by Crippen LogP contribution is -2.10. The molecule has 53 heavy (non-hydrogen) atoms. The van der Waals surface area contributed by atoms with Crippen molar-refractivity contribution in [3.05, 3.63) is 188 Å². The van der Waals surface area contributed by atoms with Crippen molar-refractivity contribution in [3.8, 4) is 22.3 Å². The van der Waals surface area contributed by atoms with Crippen molar-refractivity contribution in [1.82, 2.24) is 0 Å². The van der Waals surface area contributed by atoms with Gasteiger partial charge in [0.2, 0.25) is 0 Å². The van der Waals surface area contributed by atoms with Crippen molar-refractivity contribution in [2.24, 2.45) is 0 Å². The van der Waals surface area contributed by atoms with Crippen LogP contribution in [-0.4, -0.2) is 0 Å². The molecule has 2 aromatic heterocycles. The number of anilines is 3. The third-order valence-corrected chi connectivity index (χ3v) is 13.0. The molecule has 0 N–H and O–H groups in total. The van der Waals surface area contributed by atoms with Gasteiger partial charge in [0.05, 0.1) is 5.69 Å². The van der Waals surface area contributed by atoms with Gasteiger partial charge >= 0.3 is 0 Å². The second kappa shape index (κ2) is 12.2. The molecule has 9 aromatic carbocycles. The van der Waals surface area contributed by atoms with E-state index in [9.17, 15) is 0 Å². The van der Waals surface area contributed by atoms with Crippen LogP contribution in [0.1, 0.15) is 0 Å². The summed E-state index contributed by atoms with van der Waals surface area (Å²) in [6, 6.07) is 69.0. The Kier molecular flexibility index (Phi) is 6.97. The Bertz CT molecular complexity index is 3170. The molecule has 11 rings (SSSR count). The van der Waals surface area contributed by atoms with Crippen LogP contribution in [0.4, 0.5) is 17.1 Å². The number of fused-ring (bicyclic) bond motifs is 10. The third-order valence-electron chi connectivity index (χ3n) is 10.6. The Morgan fingerprint density at radius 3 is 1.87 bits per heavy atom. The number of benzene rings is 9. The largest absolute Gasteiger partial charge is 0.310 e. The highest BCUT2D eigenvalue weighted by atomic mass is 32.1. The fourth-order valence-corrected chi connectivity index (χ4v) is 10.8. The van der Waals surface area contributed by atoms with Gasteiger partial charge in [0, 0.05) is 57.1 Å². The Morgan fingerprint density at radius 2 is 1.00 bits per heavy atom. The van der Waals surface area contributed by atoms with Crippen LogP contribution in [0.5, 0.6) is 0 Å². The number of hydrogen-bond acceptors (Lipinski definition) is 3. The smallest absolute Gasteiger partial charge is 0.0546 e. The van der Waals surface area contributed by atoms with Gasteiger partial charge in [0.1, 0.15) is 0 Å². The summed E-state index contributed by atoms with van der Waals surface area (Å²) in [4.78, 5) is 2.44. The molecule has 0 aliphatic carbocycles. The van der Waals surface area contributed by atoms with Gasteiger partial charge in [0.25, 0.3) is 0 Å². The van der Waals surface area contributed by atoms with Gasteiger partial charge in [0.15, 0.2) is 0 Å². The number of thiophene rings is 2. The maximum atomic E-state index is 2.44. The molecule has 0 aliphatic rings. The van der Waals surface area contributed by atoms with Crippen LogP contribution in [-0.2, 0) is 0 Å². The summed E-state index contributed by atoms with van der Waals surface area (Å²) in [5.74, 6) is 0. The molecule has 0 saturated carbocycles. The molecule has 0 unspecified atom stereocenters. The average molecular weight is 710 g/mol. The summed E-state index contributed by atoms with van der Waals surface area (Å²) >= 11 is 3.82. The predicted molar refractivity (Wildman–Crippen MR) is 233 cm³/mol. The van der Waals surface area contributed by atoms with Crippen LogP contribution >= 0.6 is 22.7 Å². The standard InChI is InChI=1S/C50H31NS2/c1-2-12-32(13-3-1)33-24-26-36(27-25-33)51(45-31-35-14-4-5-17-38(35)40-18-6-7-19-41(40)45)37-16-10-15-34(30-37)39-21-11-22-42-43-28-29-47-48(50(43)53-49(39)42)44-20-8-9-23-46(44)52-47/h1-31H. The monoisotopic (exact) mass is 709 g/mol. The molecule has 0 aliphatic heterocycles. The van der Waals surface area contributed by atoms with Gasteiger partial charge in [-0.1, -0.05) is 146 Å². The molecule has 0 spiro atoms. The normalized spacial score (nSPS) is 11.8. The Morgan fingerprint density at radius 1 is 0.340 bits per heavy atom. The van der Waals surface area contributed by atoms with Gasteiger partial charge in [-0.05, 0) is 80.9 Å². The molecular weight excluding hydrogens is 679 g/mol. The molecule has 0 amide bonds. The molecular formula is C50H31NS2. The van der Waals surface area contributed by atoms with Crippen molar-refractivity contribution in [2.75, 3.05) is 4.90 Å². The van der Waals surface area contributed by atoms with Crippen LogP contribution in [0.25, 0.3) is 84.1 Å². The zero-order valence-corrected chi connectivity index (χ0v) is 30.3. The number of nitrogens with zero attached hydrogens (tertiary/aromatic N) is 1. The maximum Gasteiger partial charge on any atom is 0.0546 e. The van der Waals surface area contributed by atoms with Gasteiger partial charge in [-0.3, -0.25) is 0 Å². The molecule has 3 heteroatoms. The summed E-state index contributed by atoms with van der Waals surface area (Å²) < 4.78 is 5.41. The minimum Gasteiger partial charge on any atom is -0.310 e. The van der Waals surface area contributed by atoms with Crippen molar-refractivity contribution in [3.63, 3.8) is 0 Å². The summed E-state index contributed by atoms with van der Waals surface area (Å²) in [6.45, 7) is 0. The van der Waals surface area contributed by atoms with Crippen molar-refractivity contribution in [1.29, 1.82) is 0 Å². The topological polar surface area (TPSA) is 3.24 Å². The zero-order valence-electron chi connectivity index (χ0n) is 28.7. The van der Waals surface area contributed by atoms with E-state index in [2.05, 4.69) is 193 Å². The van der Waals surface area contributed by atoms with E-state index in [1.54, 1.807) is 0 Å². The van der Waals surface area contributed by atoms with Crippen molar-refractivity contribution in [2.45, 2.75) is 0 Å². The lowest BCUT2D eigenvalue weighted by Gasteiger charge is -2.28. The van der Waals surface area contributed by atoms with Crippen LogP contribution in [0.3, 0.4) is 0 Å². The van der Waals surface area contributed by atoms with Crippen molar-refractivity contribution < 1.29 is 0 Å². The van der Waals surface area contributed by atoms with Crippen LogP contribution in [0, 0.1) is 0 Å². The quantitative estimate of drug-likeness (QED) is 0.161. The van der Waals surface area contributed by atoms with E-state index in [0.29, 0.717) is 0 Å². The third kappa shape index (κ3) is 4.89. The van der Waals surface area contributed by atoms with Crippen LogP contribution in [0.2, 0.25) is 0 Å². The van der Waals surface area contributed by atoms with Gasteiger partial charge in [-0.25, -0.2) is 0 Å². The first-order chi connectivity index (χ1) is 26.3. The summed E-state index contributed by atoms with van der Waals surface area (Å²) in [6.07, 6.45) is 0. The van der Waals surface area contributed by atoms with Gasteiger partial charge < -0.3 is 4.90 Å². The highest BCUT2D eigenvalue weighted by molar-refractivity contribution is 7.30. The van der Waals surface area contributed by atoms with E-state index >= 15 is 0 Å². The van der Waals surface area contributed by atoms with Crippen molar-refractivity contribution >= 4 is 102 Å². The molecule has 0 bridgehead atoms. The van der Waals surface area contributed by atoms with Crippen LogP contribution in [0.15, 0.2) is 188 Å². The first kappa shape index (κ1) is 30.4. The second-order valence-electron chi connectivity index (χ2n) is 13.7. The maximum absolute atomic E-state index is 2.44. The fourth-order valence-electron chi connectivity index (χ4n) is 8.18. The molecule has 0 fully saturated rings. The predicted octanol–water partition coefficient (Wildman–Crippen LogP) is 15.5. The van der Waals surface area contributed by atoms with E-state index in [1.807, 2.05) is 22.7 Å². The molecule has 248 valence electrons. The number of hydrogen-bond donors (Lipinski definition) is 0. The second-order valence-corrected chi connectivity index (χ2v) is 15.8. The number of rotatable bonds is 5. The Balaban J connectivity index is 1.13. The SMILES string of the molecule is c1ccc(-c2ccc(N(c3cccc(-c4cccc5c4sc4c5ccc5sc6ccccc6c54)c3)c3cc4ccccc4c4ccccc34)cc2)cc1. The zero-order chi connectivity index (χ0) is 34.9. The van der Waals surface area contributed by atoms with E-state index in [1.165, 1.54) is 84.1 Å². The summed E-state index contributed by atoms with van der Waals surface area (Å²) in [5.41, 5.74) is 8.30. The summed E-state index contributed by atoms with van der Waals surface area (Å²) in [7, 11) is 0. The van der Waals surface area contributed by atoms with Crippen LogP contribution < -0.4 is 4.90 Å². The lowest BCUT2D eigenvalue weighted by atomic mass is 9.98. The van der Waals surface area contributed by atoms with Gasteiger partial charge in [-0.15, -0.1) is 22.7 Å².